The van der Waals surface area contributed by atoms with Crippen molar-refractivity contribution in [2.75, 3.05) is 12.9 Å². The third-order valence-corrected chi connectivity index (χ3v) is 6.05. The summed E-state index contributed by atoms with van der Waals surface area (Å²) in [5.74, 6) is -1.46. The van der Waals surface area contributed by atoms with Crippen LogP contribution < -0.4 is 10.7 Å². The number of ether oxygens (including phenoxy) is 1. The smallest absolute Gasteiger partial charge is 0.416 e. The van der Waals surface area contributed by atoms with Crippen molar-refractivity contribution in [2.45, 2.75) is 43.7 Å². The molecule has 1 fully saturated rings. The fourth-order valence-corrected chi connectivity index (χ4v) is 3.49. The topological polar surface area (TPSA) is 81.7 Å². The molecule has 1 saturated heterocycles. The lowest BCUT2D eigenvalue weighted by Gasteiger charge is -2.33. The number of hydrogen-bond acceptors (Lipinski definition) is 6. The Labute approximate surface area is 137 Å². The first kappa shape index (κ1) is 18.0. The van der Waals surface area contributed by atoms with Crippen LogP contribution in [-0.2, 0) is 24.0 Å². The van der Waals surface area contributed by atoms with E-state index in [1.165, 1.54) is 12.1 Å². The number of sulfone groups is 1. The van der Waals surface area contributed by atoms with E-state index in [1.807, 2.05) is 27.7 Å². The predicted octanol–water partition coefficient (Wildman–Crippen LogP) is 0.505. The van der Waals surface area contributed by atoms with E-state index in [0.717, 1.165) is 7.11 Å². The second kappa shape index (κ2) is 5.92. The minimum atomic E-state index is -3.74. The summed E-state index contributed by atoms with van der Waals surface area (Å²) in [7, 11) is -2.99. The molecule has 1 aromatic rings. The Balaban J connectivity index is 2.30. The van der Waals surface area contributed by atoms with Crippen molar-refractivity contribution >= 4 is 28.3 Å². The average Bonchev–Trinajstić information content (AvgIpc) is 2.67. The molecule has 1 aliphatic heterocycles. The molecule has 0 saturated carbocycles. The van der Waals surface area contributed by atoms with Crippen LogP contribution in [0.2, 0.25) is 0 Å². The summed E-state index contributed by atoms with van der Waals surface area (Å²) >= 11 is 0. The van der Waals surface area contributed by atoms with Gasteiger partial charge in [0.25, 0.3) is 0 Å². The van der Waals surface area contributed by atoms with Gasteiger partial charge in [-0.3, -0.25) is 4.79 Å². The number of methoxy groups -OCH3 is 1. The van der Waals surface area contributed by atoms with E-state index in [2.05, 4.69) is 9.96 Å². The van der Waals surface area contributed by atoms with Crippen molar-refractivity contribution < 1.29 is 22.6 Å². The first-order valence-electron chi connectivity index (χ1n) is 7.33. The zero-order valence-corrected chi connectivity index (χ0v) is 14.9. The highest BCUT2D eigenvalue weighted by atomic mass is 32.2. The molecule has 2 rings (SSSR count). The molecule has 0 radical (unpaired) electrons. The Bertz CT molecular complexity index is 698. The number of carbonyl (C=O) groups is 1. The van der Waals surface area contributed by atoms with Crippen molar-refractivity contribution in [3.05, 3.63) is 24.3 Å². The number of hydrogen-bond donors (Lipinski definition) is 1. The molecule has 1 aromatic carbocycles. The molecule has 126 valence electrons. The van der Waals surface area contributed by atoms with Gasteiger partial charge in [-0.1, -0.05) is 12.1 Å². The number of rotatable bonds is 4. The van der Waals surface area contributed by atoms with E-state index < -0.39 is 34.2 Å². The van der Waals surface area contributed by atoms with Crippen LogP contribution in [0.5, 0.6) is 0 Å². The van der Waals surface area contributed by atoms with E-state index in [-0.39, 0.29) is 10.4 Å². The Hall–Kier alpha value is -1.38. The maximum Gasteiger partial charge on any atom is 0.416 e. The second-order valence-electron chi connectivity index (χ2n) is 6.69. The van der Waals surface area contributed by atoms with Crippen molar-refractivity contribution in [1.82, 2.24) is 5.23 Å². The van der Waals surface area contributed by atoms with Gasteiger partial charge in [0.1, 0.15) is 0 Å². The molecule has 8 heteroatoms. The molecule has 1 heterocycles. The standard InChI is InChI=1S/C15H22BNO5S/c1-14(2)15(3,4)22-16(17-14)11-7-6-8-12(9-11)23(19,20)10-13(18)21-5/h6-9,17H,10H2,1-5H3. The summed E-state index contributed by atoms with van der Waals surface area (Å²) < 4.78 is 35.0. The van der Waals surface area contributed by atoms with E-state index in [0.29, 0.717) is 5.46 Å². The van der Waals surface area contributed by atoms with Crippen molar-refractivity contribution in [2.24, 2.45) is 0 Å². The second-order valence-corrected chi connectivity index (χ2v) is 8.67. The van der Waals surface area contributed by atoms with Gasteiger partial charge in [0, 0.05) is 5.54 Å². The normalized spacial score (nSPS) is 19.6. The minimum Gasteiger partial charge on any atom is -0.468 e. The summed E-state index contributed by atoms with van der Waals surface area (Å²) in [5, 5.41) is 3.36. The Morgan fingerprint density at radius 1 is 1.30 bits per heavy atom. The number of benzene rings is 1. The van der Waals surface area contributed by atoms with Crippen LogP contribution in [0.1, 0.15) is 27.7 Å². The van der Waals surface area contributed by atoms with Gasteiger partial charge in [-0.2, -0.15) is 0 Å². The Morgan fingerprint density at radius 2 is 1.96 bits per heavy atom. The monoisotopic (exact) mass is 339 g/mol. The fourth-order valence-electron chi connectivity index (χ4n) is 2.29. The molecule has 23 heavy (non-hydrogen) atoms. The SMILES string of the molecule is COC(=O)CS(=O)(=O)c1cccc(B2NC(C)(C)C(C)(C)O2)c1. The van der Waals surface area contributed by atoms with E-state index in [4.69, 9.17) is 4.65 Å². The molecule has 0 aromatic heterocycles. The maximum absolute atomic E-state index is 12.3. The van der Waals surface area contributed by atoms with Crippen LogP contribution in [0.3, 0.4) is 0 Å². The Morgan fingerprint density at radius 3 is 2.48 bits per heavy atom. The quantitative estimate of drug-likeness (QED) is 0.636. The first-order chi connectivity index (χ1) is 10.5. The molecule has 0 spiro atoms. The third-order valence-electron chi connectivity index (χ3n) is 4.47. The van der Waals surface area contributed by atoms with Crippen LogP contribution >= 0.6 is 0 Å². The minimum absolute atomic E-state index is 0.0771. The lowest BCUT2D eigenvalue weighted by molar-refractivity contribution is -0.137. The molecule has 0 unspecified atom stereocenters. The lowest BCUT2D eigenvalue weighted by atomic mass is 9.73. The zero-order chi connectivity index (χ0) is 17.5. The fraction of sp³-hybridized carbons (Fsp3) is 0.533. The van der Waals surface area contributed by atoms with Gasteiger partial charge < -0.3 is 14.6 Å². The molecular weight excluding hydrogens is 317 g/mol. The Kier molecular flexibility index (Phi) is 4.63. The molecule has 0 amide bonds. The highest BCUT2D eigenvalue weighted by Gasteiger charge is 2.49. The van der Waals surface area contributed by atoms with Gasteiger partial charge in [-0.25, -0.2) is 8.42 Å². The molecule has 0 aliphatic carbocycles. The van der Waals surface area contributed by atoms with Crippen LogP contribution in [0.15, 0.2) is 29.2 Å². The van der Waals surface area contributed by atoms with Gasteiger partial charge in [-0.15, -0.1) is 0 Å². The predicted molar refractivity (Wildman–Crippen MR) is 88.3 cm³/mol. The van der Waals surface area contributed by atoms with E-state index in [9.17, 15) is 13.2 Å². The molecule has 1 aliphatic rings. The maximum atomic E-state index is 12.3. The highest BCUT2D eigenvalue weighted by Crippen LogP contribution is 2.31. The first-order valence-corrected chi connectivity index (χ1v) is 8.99. The van der Waals surface area contributed by atoms with Gasteiger partial charge in [-0.05, 0) is 45.3 Å². The van der Waals surface area contributed by atoms with Crippen LogP contribution in [0.25, 0.3) is 0 Å². The van der Waals surface area contributed by atoms with Crippen molar-refractivity contribution in [3.8, 4) is 0 Å². The van der Waals surface area contributed by atoms with Gasteiger partial charge in [0.2, 0.25) is 0 Å². The van der Waals surface area contributed by atoms with Gasteiger partial charge in [0.05, 0.1) is 17.6 Å². The molecule has 6 nitrogen and oxygen atoms in total. The highest BCUT2D eigenvalue weighted by molar-refractivity contribution is 7.92. The summed E-state index contributed by atoms with van der Waals surface area (Å²) in [6.07, 6.45) is 0. The van der Waals surface area contributed by atoms with Crippen LogP contribution in [0, 0.1) is 0 Å². The lowest BCUT2D eigenvalue weighted by Crippen LogP contribution is -2.51. The molecule has 0 bridgehead atoms. The van der Waals surface area contributed by atoms with Gasteiger partial charge in [0.15, 0.2) is 15.6 Å². The number of esters is 1. The zero-order valence-electron chi connectivity index (χ0n) is 14.0. The summed E-state index contributed by atoms with van der Waals surface area (Å²) in [4.78, 5) is 11.4. The summed E-state index contributed by atoms with van der Waals surface area (Å²) in [6.45, 7) is 8.03. The summed E-state index contributed by atoms with van der Waals surface area (Å²) in [6, 6.07) is 6.44. The third kappa shape index (κ3) is 3.59. The molecular formula is C15H22BNO5S. The van der Waals surface area contributed by atoms with Crippen molar-refractivity contribution in [3.63, 3.8) is 0 Å². The largest absolute Gasteiger partial charge is 0.468 e. The summed E-state index contributed by atoms with van der Waals surface area (Å²) in [5.41, 5.74) is 0.0338. The van der Waals surface area contributed by atoms with E-state index in [1.54, 1.807) is 12.1 Å². The van der Waals surface area contributed by atoms with Gasteiger partial charge >= 0.3 is 13.0 Å². The average molecular weight is 339 g/mol. The number of carbonyl (C=O) groups excluding carboxylic acids is 1. The number of nitrogens with one attached hydrogen (secondary N) is 1. The molecule has 1 N–H and O–H groups in total. The molecule has 0 atom stereocenters. The van der Waals surface area contributed by atoms with Crippen LogP contribution in [0.4, 0.5) is 0 Å². The van der Waals surface area contributed by atoms with Crippen molar-refractivity contribution in [1.29, 1.82) is 0 Å². The van der Waals surface area contributed by atoms with Crippen LogP contribution in [-0.4, -0.2) is 45.4 Å². The van der Waals surface area contributed by atoms with E-state index >= 15 is 0 Å².